The summed E-state index contributed by atoms with van der Waals surface area (Å²) in [5, 5.41) is 13.1. The second-order valence-electron chi connectivity index (χ2n) is 5.11. The molecular weight excluding hydrogens is 353 g/mol. The molecule has 0 bridgehead atoms. The molecule has 0 saturated heterocycles. The van der Waals surface area contributed by atoms with E-state index in [9.17, 15) is 19.1 Å². The number of aliphatic hydroxyl groups is 1. The lowest BCUT2D eigenvalue weighted by molar-refractivity contribution is -0.133. The molecule has 2 aromatic carbocycles. The number of benzene rings is 2. The van der Waals surface area contributed by atoms with E-state index in [0.717, 1.165) is 10.5 Å². The number of carbonyl (C=O) groups excluding carboxylic acids is 2. The Hall–Kier alpha value is -2.05. The van der Waals surface area contributed by atoms with Crippen molar-refractivity contribution in [3.63, 3.8) is 0 Å². The highest BCUT2D eigenvalue weighted by Gasteiger charge is 2.47. The fraction of sp³-hybridized carbons (Fsp3) is 0.125. The van der Waals surface area contributed by atoms with E-state index < -0.39 is 29.5 Å². The zero-order valence-corrected chi connectivity index (χ0v) is 12.9. The van der Waals surface area contributed by atoms with Crippen LogP contribution in [0, 0.1) is 5.82 Å². The minimum Gasteiger partial charge on any atom is -0.375 e. The number of carbonyl (C=O) groups is 2. The first-order valence-electron chi connectivity index (χ1n) is 6.53. The topological polar surface area (TPSA) is 66.4 Å². The lowest BCUT2D eigenvalue weighted by atomic mass is 9.88. The highest BCUT2D eigenvalue weighted by atomic mass is 79.9. The average Bonchev–Trinajstić information content (AvgIpc) is 2.71. The molecule has 112 valence electrons. The average molecular weight is 364 g/mol. The van der Waals surface area contributed by atoms with Gasteiger partial charge in [-0.2, -0.15) is 0 Å². The van der Waals surface area contributed by atoms with E-state index >= 15 is 0 Å². The van der Waals surface area contributed by atoms with E-state index in [-0.39, 0.29) is 5.56 Å². The summed E-state index contributed by atoms with van der Waals surface area (Å²) in [5.74, 6) is -1.70. The quantitative estimate of drug-likeness (QED) is 0.823. The molecule has 2 aromatic rings. The number of anilines is 1. The highest BCUT2D eigenvalue weighted by molar-refractivity contribution is 9.10. The molecule has 1 aliphatic rings. The Morgan fingerprint density at radius 1 is 1.23 bits per heavy atom. The minimum atomic E-state index is -2.05. The van der Waals surface area contributed by atoms with E-state index in [1.807, 2.05) is 0 Å². The monoisotopic (exact) mass is 363 g/mol. The number of Topliss-reactive ketones (excluding diaryl/α,β-unsaturated/α-hetero) is 1. The Morgan fingerprint density at radius 3 is 2.59 bits per heavy atom. The summed E-state index contributed by atoms with van der Waals surface area (Å²) in [6, 6.07) is 10.2. The van der Waals surface area contributed by atoms with Gasteiger partial charge >= 0.3 is 0 Å². The van der Waals surface area contributed by atoms with Crippen molar-refractivity contribution in [3.8, 4) is 0 Å². The number of halogens is 2. The standard InChI is InChI=1S/C16H11BrFNO3/c17-10-3-1-9(2-4-10)14(20)8-16(22)12-7-11(18)5-6-13(12)19-15(16)21/h1-7,22H,8H2,(H,19,21). The van der Waals surface area contributed by atoms with Crippen molar-refractivity contribution in [3.05, 3.63) is 63.9 Å². The van der Waals surface area contributed by atoms with Gasteiger partial charge < -0.3 is 10.4 Å². The van der Waals surface area contributed by atoms with E-state index in [4.69, 9.17) is 0 Å². The van der Waals surface area contributed by atoms with Crippen LogP contribution in [0.2, 0.25) is 0 Å². The number of hydrogen-bond donors (Lipinski definition) is 2. The number of ketones is 1. The van der Waals surface area contributed by atoms with Gasteiger partial charge in [-0.1, -0.05) is 28.1 Å². The largest absolute Gasteiger partial charge is 0.375 e. The van der Waals surface area contributed by atoms with Gasteiger partial charge in [-0.3, -0.25) is 9.59 Å². The van der Waals surface area contributed by atoms with Crippen LogP contribution < -0.4 is 5.32 Å². The van der Waals surface area contributed by atoms with Gasteiger partial charge in [0.2, 0.25) is 0 Å². The molecule has 1 aliphatic heterocycles. The molecule has 1 atom stereocenters. The molecule has 0 aromatic heterocycles. The van der Waals surface area contributed by atoms with Crippen LogP contribution in [-0.4, -0.2) is 16.8 Å². The maximum Gasteiger partial charge on any atom is 0.261 e. The van der Waals surface area contributed by atoms with Crippen LogP contribution in [0.5, 0.6) is 0 Å². The van der Waals surface area contributed by atoms with Crippen LogP contribution in [0.3, 0.4) is 0 Å². The number of hydrogen-bond acceptors (Lipinski definition) is 3. The summed E-state index contributed by atoms with van der Waals surface area (Å²) in [6.07, 6.45) is -0.448. The number of fused-ring (bicyclic) bond motifs is 1. The van der Waals surface area contributed by atoms with Crippen LogP contribution in [0.15, 0.2) is 46.9 Å². The van der Waals surface area contributed by atoms with Crippen LogP contribution in [0.4, 0.5) is 10.1 Å². The number of nitrogens with one attached hydrogen (secondary N) is 1. The van der Waals surface area contributed by atoms with Crippen molar-refractivity contribution in [2.24, 2.45) is 0 Å². The molecule has 22 heavy (non-hydrogen) atoms. The van der Waals surface area contributed by atoms with Gasteiger partial charge in [0.1, 0.15) is 5.82 Å². The van der Waals surface area contributed by atoms with Crippen molar-refractivity contribution in [1.29, 1.82) is 0 Å². The summed E-state index contributed by atoms with van der Waals surface area (Å²) in [4.78, 5) is 24.4. The predicted molar refractivity (Wildman–Crippen MR) is 82.0 cm³/mol. The minimum absolute atomic E-state index is 0.0861. The first-order chi connectivity index (χ1) is 10.4. The molecule has 1 heterocycles. The van der Waals surface area contributed by atoms with Crippen LogP contribution >= 0.6 is 15.9 Å². The van der Waals surface area contributed by atoms with Crippen molar-refractivity contribution in [2.75, 3.05) is 5.32 Å². The van der Waals surface area contributed by atoms with Gasteiger partial charge in [-0.15, -0.1) is 0 Å². The molecule has 0 aliphatic carbocycles. The lowest BCUT2D eigenvalue weighted by Gasteiger charge is -2.20. The van der Waals surface area contributed by atoms with Gasteiger partial charge in [0.25, 0.3) is 5.91 Å². The molecule has 2 N–H and O–H groups in total. The Morgan fingerprint density at radius 2 is 1.91 bits per heavy atom. The molecule has 0 fully saturated rings. The second kappa shape index (κ2) is 5.30. The predicted octanol–water partition coefficient (Wildman–Crippen LogP) is 3.00. The molecule has 6 heteroatoms. The molecule has 1 unspecified atom stereocenters. The zero-order chi connectivity index (χ0) is 15.9. The lowest BCUT2D eigenvalue weighted by Crippen LogP contribution is -2.36. The van der Waals surface area contributed by atoms with E-state index in [1.165, 1.54) is 12.1 Å². The van der Waals surface area contributed by atoms with Gasteiger partial charge in [0, 0.05) is 21.3 Å². The first kappa shape index (κ1) is 14.9. The van der Waals surface area contributed by atoms with Gasteiger partial charge in [0.15, 0.2) is 11.4 Å². The van der Waals surface area contributed by atoms with Crippen LogP contribution in [0.25, 0.3) is 0 Å². The maximum absolute atomic E-state index is 13.4. The maximum atomic E-state index is 13.4. The van der Waals surface area contributed by atoms with Crippen LogP contribution in [0.1, 0.15) is 22.3 Å². The SMILES string of the molecule is O=C(CC1(O)C(=O)Nc2ccc(F)cc21)c1ccc(Br)cc1. The summed E-state index contributed by atoms with van der Waals surface area (Å²) >= 11 is 3.27. The zero-order valence-electron chi connectivity index (χ0n) is 11.3. The first-order valence-corrected chi connectivity index (χ1v) is 7.32. The molecule has 3 rings (SSSR count). The van der Waals surface area contributed by atoms with E-state index in [1.54, 1.807) is 24.3 Å². The Labute approximate surface area is 134 Å². The van der Waals surface area contributed by atoms with Gasteiger partial charge in [-0.05, 0) is 30.3 Å². The molecule has 4 nitrogen and oxygen atoms in total. The molecule has 0 spiro atoms. The fourth-order valence-corrected chi connectivity index (χ4v) is 2.73. The van der Waals surface area contributed by atoms with Gasteiger partial charge in [-0.25, -0.2) is 4.39 Å². The third-order valence-electron chi connectivity index (χ3n) is 3.63. The van der Waals surface area contributed by atoms with Crippen molar-refractivity contribution in [2.45, 2.75) is 12.0 Å². The van der Waals surface area contributed by atoms with Gasteiger partial charge in [0.05, 0.1) is 6.42 Å². The van der Waals surface area contributed by atoms with Crippen molar-refractivity contribution in [1.82, 2.24) is 0 Å². The molecule has 1 amide bonds. The molecule has 0 radical (unpaired) electrons. The smallest absolute Gasteiger partial charge is 0.261 e. The second-order valence-corrected chi connectivity index (χ2v) is 6.03. The number of rotatable bonds is 3. The Kier molecular flexibility index (Phi) is 3.58. The summed E-state index contributed by atoms with van der Waals surface area (Å²) in [6.45, 7) is 0. The third kappa shape index (κ3) is 2.44. The number of amides is 1. The molecular formula is C16H11BrFNO3. The Bertz CT molecular complexity index is 775. The normalized spacial score (nSPS) is 19.7. The molecule has 0 saturated carbocycles. The highest BCUT2D eigenvalue weighted by Crippen LogP contribution is 2.39. The van der Waals surface area contributed by atoms with E-state index in [0.29, 0.717) is 11.3 Å². The van der Waals surface area contributed by atoms with Crippen molar-refractivity contribution >= 4 is 33.3 Å². The summed E-state index contributed by atoms with van der Waals surface area (Å²) < 4.78 is 14.2. The van der Waals surface area contributed by atoms with Crippen molar-refractivity contribution < 1.29 is 19.1 Å². The summed E-state index contributed by atoms with van der Waals surface area (Å²) in [7, 11) is 0. The third-order valence-corrected chi connectivity index (χ3v) is 4.16. The van der Waals surface area contributed by atoms with E-state index in [2.05, 4.69) is 21.2 Å². The van der Waals surface area contributed by atoms with Crippen LogP contribution in [-0.2, 0) is 10.4 Å². The fourth-order valence-electron chi connectivity index (χ4n) is 2.46. The Balaban J connectivity index is 1.94. The summed E-state index contributed by atoms with van der Waals surface area (Å²) in [5.41, 5.74) is -1.28.